The van der Waals surface area contributed by atoms with E-state index in [2.05, 4.69) is 42.2 Å². The molecule has 1 aliphatic heterocycles. The highest BCUT2D eigenvalue weighted by atomic mass is 15.2. The predicted molar refractivity (Wildman–Crippen MR) is 55.5 cm³/mol. The molecule has 2 heteroatoms. The zero-order valence-electron chi connectivity index (χ0n) is 8.40. The molecule has 0 amide bonds. The minimum Gasteiger partial charge on any atom is -0.279 e. The quantitative estimate of drug-likeness (QED) is 0.663. The SMILES string of the molecule is CCC1c2ccccc2CN1CC#N. The maximum absolute atomic E-state index is 8.73. The van der Waals surface area contributed by atoms with E-state index < -0.39 is 0 Å². The van der Waals surface area contributed by atoms with Gasteiger partial charge in [-0.25, -0.2) is 0 Å². The van der Waals surface area contributed by atoms with Gasteiger partial charge in [0, 0.05) is 12.6 Å². The van der Waals surface area contributed by atoms with E-state index in [9.17, 15) is 0 Å². The number of benzene rings is 1. The smallest absolute Gasteiger partial charge is 0.0873 e. The number of rotatable bonds is 2. The summed E-state index contributed by atoms with van der Waals surface area (Å²) < 4.78 is 0. The largest absolute Gasteiger partial charge is 0.279 e. The fraction of sp³-hybridized carbons (Fsp3) is 0.417. The highest BCUT2D eigenvalue weighted by Gasteiger charge is 2.27. The van der Waals surface area contributed by atoms with Crippen LogP contribution in [0.15, 0.2) is 24.3 Å². The van der Waals surface area contributed by atoms with E-state index in [1.165, 1.54) is 11.1 Å². The third kappa shape index (κ3) is 1.40. The van der Waals surface area contributed by atoms with E-state index in [1.807, 2.05) is 0 Å². The Morgan fingerprint density at radius 2 is 2.29 bits per heavy atom. The van der Waals surface area contributed by atoms with Crippen LogP contribution in [0.3, 0.4) is 0 Å². The van der Waals surface area contributed by atoms with Crippen molar-refractivity contribution in [3.63, 3.8) is 0 Å². The molecule has 1 unspecified atom stereocenters. The lowest BCUT2D eigenvalue weighted by atomic mass is 10.0. The first kappa shape index (κ1) is 9.23. The number of nitriles is 1. The molecular formula is C12H14N2. The second kappa shape index (κ2) is 3.81. The van der Waals surface area contributed by atoms with Crippen molar-refractivity contribution >= 4 is 0 Å². The Bertz CT molecular complexity index is 365. The van der Waals surface area contributed by atoms with Crippen LogP contribution in [0.5, 0.6) is 0 Å². The second-order valence-electron chi connectivity index (χ2n) is 3.69. The molecule has 1 aromatic rings. The van der Waals surface area contributed by atoms with Crippen molar-refractivity contribution in [3.05, 3.63) is 35.4 Å². The molecule has 0 aliphatic carbocycles. The van der Waals surface area contributed by atoms with Crippen LogP contribution in [0.1, 0.15) is 30.5 Å². The molecule has 2 rings (SSSR count). The summed E-state index contributed by atoms with van der Waals surface area (Å²) in [4.78, 5) is 2.24. The van der Waals surface area contributed by atoms with E-state index >= 15 is 0 Å². The van der Waals surface area contributed by atoms with Gasteiger partial charge in [0.25, 0.3) is 0 Å². The molecule has 1 aliphatic rings. The van der Waals surface area contributed by atoms with Gasteiger partial charge in [0.2, 0.25) is 0 Å². The van der Waals surface area contributed by atoms with E-state index in [1.54, 1.807) is 0 Å². The normalized spacial score (nSPS) is 20.4. The molecule has 0 saturated carbocycles. The van der Waals surface area contributed by atoms with Gasteiger partial charge in [0.1, 0.15) is 0 Å². The van der Waals surface area contributed by atoms with Crippen molar-refractivity contribution in [3.8, 4) is 6.07 Å². The van der Waals surface area contributed by atoms with Crippen LogP contribution in [0.2, 0.25) is 0 Å². The minimum absolute atomic E-state index is 0.450. The van der Waals surface area contributed by atoms with Crippen molar-refractivity contribution in [1.29, 1.82) is 5.26 Å². The molecule has 0 aromatic heterocycles. The van der Waals surface area contributed by atoms with Gasteiger partial charge >= 0.3 is 0 Å². The highest BCUT2D eigenvalue weighted by molar-refractivity contribution is 5.34. The fourth-order valence-electron chi connectivity index (χ4n) is 2.26. The van der Waals surface area contributed by atoms with Crippen LogP contribution >= 0.6 is 0 Å². The minimum atomic E-state index is 0.450. The van der Waals surface area contributed by atoms with E-state index in [0.717, 1.165) is 13.0 Å². The molecule has 0 N–H and O–H groups in total. The summed E-state index contributed by atoms with van der Waals surface area (Å²) in [5.41, 5.74) is 2.79. The summed E-state index contributed by atoms with van der Waals surface area (Å²) in [6, 6.07) is 11.2. The molecule has 1 aromatic carbocycles. The molecule has 0 fully saturated rings. The lowest BCUT2D eigenvalue weighted by Gasteiger charge is -2.20. The fourth-order valence-corrected chi connectivity index (χ4v) is 2.26. The third-order valence-corrected chi connectivity index (χ3v) is 2.89. The van der Waals surface area contributed by atoms with Gasteiger partial charge in [0.15, 0.2) is 0 Å². The number of nitrogens with zero attached hydrogens (tertiary/aromatic N) is 2. The molecular weight excluding hydrogens is 172 g/mol. The highest BCUT2D eigenvalue weighted by Crippen LogP contribution is 2.34. The van der Waals surface area contributed by atoms with Crippen LogP contribution in [-0.4, -0.2) is 11.4 Å². The number of hydrogen-bond donors (Lipinski definition) is 0. The predicted octanol–water partition coefficient (Wildman–Crippen LogP) is 2.48. The molecule has 14 heavy (non-hydrogen) atoms. The Labute approximate surface area is 84.8 Å². The van der Waals surface area contributed by atoms with Gasteiger partial charge in [0.05, 0.1) is 12.6 Å². The van der Waals surface area contributed by atoms with E-state index in [-0.39, 0.29) is 0 Å². The molecule has 0 spiro atoms. The van der Waals surface area contributed by atoms with Crippen molar-refractivity contribution in [2.45, 2.75) is 25.9 Å². The first-order valence-corrected chi connectivity index (χ1v) is 5.05. The average Bonchev–Trinajstić information content (AvgIpc) is 2.55. The van der Waals surface area contributed by atoms with Gasteiger partial charge in [-0.1, -0.05) is 31.2 Å². The first-order chi connectivity index (χ1) is 6.86. The molecule has 72 valence electrons. The van der Waals surface area contributed by atoms with Crippen molar-refractivity contribution < 1.29 is 0 Å². The molecule has 0 saturated heterocycles. The van der Waals surface area contributed by atoms with E-state index in [4.69, 9.17) is 5.26 Å². The summed E-state index contributed by atoms with van der Waals surface area (Å²) >= 11 is 0. The van der Waals surface area contributed by atoms with Gasteiger partial charge in [-0.2, -0.15) is 5.26 Å². The standard InChI is InChI=1S/C12H14N2/c1-2-12-11-6-4-3-5-10(11)9-14(12)8-7-13/h3-6,12H,2,8-9H2,1H3. The van der Waals surface area contributed by atoms with Gasteiger partial charge < -0.3 is 0 Å². The summed E-state index contributed by atoms with van der Waals surface area (Å²) in [6.07, 6.45) is 1.08. The molecule has 0 radical (unpaired) electrons. The molecule has 1 atom stereocenters. The van der Waals surface area contributed by atoms with Gasteiger partial charge in [-0.05, 0) is 17.5 Å². The van der Waals surface area contributed by atoms with Gasteiger partial charge in [-0.3, -0.25) is 4.90 Å². The number of hydrogen-bond acceptors (Lipinski definition) is 2. The summed E-state index contributed by atoms with van der Waals surface area (Å²) in [7, 11) is 0. The third-order valence-electron chi connectivity index (χ3n) is 2.89. The van der Waals surface area contributed by atoms with Crippen LogP contribution < -0.4 is 0 Å². The average molecular weight is 186 g/mol. The second-order valence-corrected chi connectivity index (χ2v) is 3.69. The lowest BCUT2D eigenvalue weighted by molar-refractivity contribution is 0.237. The summed E-state index contributed by atoms with van der Waals surface area (Å²) in [5.74, 6) is 0. The summed E-state index contributed by atoms with van der Waals surface area (Å²) in [6.45, 7) is 3.65. The van der Waals surface area contributed by atoms with Crippen LogP contribution in [-0.2, 0) is 6.54 Å². The summed E-state index contributed by atoms with van der Waals surface area (Å²) in [5, 5.41) is 8.73. The van der Waals surface area contributed by atoms with Crippen molar-refractivity contribution in [2.75, 3.05) is 6.54 Å². The number of fused-ring (bicyclic) bond motifs is 1. The van der Waals surface area contributed by atoms with Crippen molar-refractivity contribution in [2.24, 2.45) is 0 Å². The Morgan fingerprint density at radius 1 is 1.50 bits per heavy atom. The van der Waals surface area contributed by atoms with Crippen LogP contribution in [0.4, 0.5) is 0 Å². The Balaban J connectivity index is 2.30. The molecule has 1 heterocycles. The van der Waals surface area contributed by atoms with Crippen LogP contribution in [0, 0.1) is 11.3 Å². The monoisotopic (exact) mass is 186 g/mol. The van der Waals surface area contributed by atoms with Crippen molar-refractivity contribution in [1.82, 2.24) is 4.90 Å². The maximum Gasteiger partial charge on any atom is 0.0873 e. The lowest BCUT2D eigenvalue weighted by Crippen LogP contribution is -2.21. The molecule has 0 bridgehead atoms. The Kier molecular flexibility index (Phi) is 2.51. The van der Waals surface area contributed by atoms with E-state index in [0.29, 0.717) is 12.6 Å². The topological polar surface area (TPSA) is 27.0 Å². The zero-order valence-corrected chi connectivity index (χ0v) is 8.40. The zero-order chi connectivity index (χ0) is 9.97. The maximum atomic E-state index is 8.73. The van der Waals surface area contributed by atoms with Gasteiger partial charge in [-0.15, -0.1) is 0 Å². The molecule has 2 nitrogen and oxygen atoms in total. The Hall–Kier alpha value is -1.33. The first-order valence-electron chi connectivity index (χ1n) is 5.05. The Morgan fingerprint density at radius 3 is 3.00 bits per heavy atom. The van der Waals surface area contributed by atoms with Crippen LogP contribution in [0.25, 0.3) is 0 Å².